The van der Waals surface area contributed by atoms with Crippen molar-refractivity contribution in [2.45, 2.75) is 26.2 Å². The molecule has 0 aliphatic heterocycles. The Morgan fingerprint density at radius 3 is 2.60 bits per heavy atom. The Hall–Kier alpha value is -0.422. The van der Waals surface area contributed by atoms with E-state index in [0.717, 1.165) is 30.4 Å². The van der Waals surface area contributed by atoms with Gasteiger partial charge in [0.05, 0.1) is 0 Å². The largest absolute Gasteiger partial charge is 0.343 e. The molecule has 0 radical (unpaired) electrons. The van der Waals surface area contributed by atoms with Crippen molar-refractivity contribution in [2.75, 3.05) is 0 Å². The first-order valence-corrected chi connectivity index (χ1v) is 4.94. The zero-order valence-electron chi connectivity index (χ0n) is 9.05. The standard InChI is InChI=1S/C13H16F.W/c1-4-6-11-7-8-12(10(3)5-2)13(14)9-11;/h7-9H,1,3-6H2,2H3;/q-1;. The number of rotatable bonds is 4. The van der Waals surface area contributed by atoms with Crippen molar-refractivity contribution < 1.29 is 25.5 Å². The molecular weight excluding hydrogens is 359 g/mol. The van der Waals surface area contributed by atoms with E-state index in [1.807, 2.05) is 19.1 Å². The topological polar surface area (TPSA) is 0 Å². The number of allylic oxidation sites excluding steroid dienone is 1. The van der Waals surface area contributed by atoms with Gasteiger partial charge in [-0.1, -0.05) is 32.1 Å². The van der Waals surface area contributed by atoms with Gasteiger partial charge in [0, 0.05) is 26.6 Å². The second-order valence-electron chi connectivity index (χ2n) is 3.37. The van der Waals surface area contributed by atoms with Crippen LogP contribution in [0.1, 0.15) is 30.9 Å². The van der Waals surface area contributed by atoms with Gasteiger partial charge in [-0.2, -0.15) is 6.42 Å². The van der Waals surface area contributed by atoms with E-state index in [1.54, 1.807) is 6.07 Å². The number of benzene rings is 1. The molecule has 0 fully saturated rings. The van der Waals surface area contributed by atoms with E-state index < -0.39 is 0 Å². The molecule has 0 atom stereocenters. The van der Waals surface area contributed by atoms with Crippen LogP contribution in [0.2, 0.25) is 0 Å². The first-order chi connectivity index (χ1) is 6.69. The van der Waals surface area contributed by atoms with Crippen molar-refractivity contribution in [3.63, 3.8) is 0 Å². The molecule has 0 aliphatic carbocycles. The number of hydrogen-bond donors (Lipinski definition) is 0. The molecule has 2 heteroatoms. The van der Waals surface area contributed by atoms with Crippen LogP contribution in [0.3, 0.4) is 0 Å². The first kappa shape index (κ1) is 14.6. The summed E-state index contributed by atoms with van der Waals surface area (Å²) < 4.78 is 13.5. The maximum absolute atomic E-state index is 13.5. The van der Waals surface area contributed by atoms with Crippen molar-refractivity contribution in [1.29, 1.82) is 0 Å². The molecule has 0 amide bonds. The third kappa shape index (κ3) is 3.91. The molecule has 0 N–H and O–H groups in total. The van der Waals surface area contributed by atoms with Crippen LogP contribution in [-0.4, -0.2) is 0 Å². The molecule has 1 aromatic carbocycles. The van der Waals surface area contributed by atoms with Crippen molar-refractivity contribution in [1.82, 2.24) is 0 Å². The molecular formula is C13H16FW-. The molecule has 0 saturated carbocycles. The van der Waals surface area contributed by atoms with Crippen molar-refractivity contribution in [2.24, 2.45) is 0 Å². The van der Waals surface area contributed by atoms with Gasteiger partial charge in [0.25, 0.3) is 0 Å². The summed E-state index contributed by atoms with van der Waals surface area (Å²) in [6.45, 7) is 9.55. The van der Waals surface area contributed by atoms with Crippen LogP contribution in [0.15, 0.2) is 24.8 Å². The van der Waals surface area contributed by atoms with E-state index in [1.165, 1.54) is 0 Å². The maximum atomic E-state index is 13.5. The second-order valence-corrected chi connectivity index (χ2v) is 3.37. The van der Waals surface area contributed by atoms with Gasteiger partial charge in [0.2, 0.25) is 0 Å². The quantitative estimate of drug-likeness (QED) is 0.698. The van der Waals surface area contributed by atoms with E-state index in [4.69, 9.17) is 0 Å². The minimum Gasteiger partial charge on any atom is -0.343 e. The molecule has 0 saturated heterocycles. The van der Waals surface area contributed by atoms with Gasteiger partial charge in [0.1, 0.15) is 5.82 Å². The Bertz CT molecular complexity index is 331. The fraction of sp³-hybridized carbons (Fsp3) is 0.308. The van der Waals surface area contributed by atoms with Gasteiger partial charge >= 0.3 is 0 Å². The van der Waals surface area contributed by atoms with Crippen LogP contribution in [-0.2, 0) is 27.5 Å². The van der Waals surface area contributed by atoms with Crippen LogP contribution < -0.4 is 0 Å². The molecule has 0 aliphatic rings. The summed E-state index contributed by atoms with van der Waals surface area (Å²) in [5, 5.41) is 0. The summed E-state index contributed by atoms with van der Waals surface area (Å²) in [6, 6.07) is 5.35. The Balaban J connectivity index is 0.00000196. The van der Waals surface area contributed by atoms with Gasteiger partial charge in [-0.3, -0.25) is 0 Å². The van der Waals surface area contributed by atoms with E-state index in [2.05, 4.69) is 13.5 Å². The smallest absolute Gasteiger partial charge is 0.130 e. The van der Waals surface area contributed by atoms with E-state index in [-0.39, 0.29) is 26.9 Å². The Morgan fingerprint density at radius 1 is 1.47 bits per heavy atom. The van der Waals surface area contributed by atoms with Crippen molar-refractivity contribution in [3.8, 4) is 0 Å². The summed E-state index contributed by atoms with van der Waals surface area (Å²) in [5.74, 6) is -0.164. The third-order valence-electron chi connectivity index (χ3n) is 2.31. The van der Waals surface area contributed by atoms with Crippen molar-refractivity contribution in [3.05, 3.63) is 48.6 Å². The Kier molecular flexibility index (Phi) is 6.76. The van der Waals surface area contributed by atoms with Crippen LogP contribution in [0.4, 0.5) is 4.39 Å². The van der Waals surface area contributed by atoms with Crippen molar-refractivity contribution >= 4 is 5.57 Å². The normalized spacial score (nSPS) is 9.53. The zero-order chi connectivity index (χ0) is 10.6. The average molecular weight is 375 g/mol. The molecule has 1 rings (SSSR count). The average Bonchev–Trinajstić information content (AvgIpc) is 2.17. The third-order valence-corrected chi connectivity index (χ3v) is 2.31. The fourth-order valence-corrected chi connectivity index (χ4v) is 1.40. The number of halogens is 1. The molecule has 0 heterocycles. The number of aryl methyl sites for hydroxylation is 1. The summed E-state index contributed by atoms with van der Waals surface area (Å²) in [4.78, 5) is 0. The molecule has 82 valence electrons. The van der Waals surface area contributed by atoms with E-state index in [9.17, 15) is 4.39 Å². The molecule has 0 bridgehead atoms. The number of hydrogen-bond acceptors (Lipinski definition) is 0. The first-order valence-electron chi connectivity index (χ1n) is 4.94. The van der Waals surface area contributed by atoms with Crippen LogP contribution in [0.25, 0.3) is 5.57 Å². The van der Waals surface area contributed by atoms with Crippen LogP contribution in [0, 0.1) is 12.7 Å². The summed E-state index contributed by atoms with van der Waals surface area (Å²) in [5.41, 5.74) is 2.49. The fourth-order valence-electron chi connectivity index (χ4n) is 1.40. The van der Waals surface area contributed by atoms with Crippen LogP contribution >= 0.6 is 0 Å². The minimum absolute atomic E-state index is 0. The molecule has 0 nitrogen and oxygen atoms in total. The summed E-state index contributed by atoms with van der Waals surface area (Å²) in [6.07, 6.45) is 2.41. The Labute approximate surface area is 106 Å². The van der Waals surface area contributed by atoms with E-state index >= 15 is 0 Å². The van der Waals surface area contributed by atoms with Gasteiger partial charge in [-0.25, -0.2) is 4.39 Å². The van der Waals surface area contributed by atoms with Gasteiger partial charge < -0.3 is 6.92 Å². The van der Waals surface area contributed by atoms with E-state index in [0.29, 0.717) is 5.56 Å². The Morgan fingerprint density at radius 2 is 2.13 bits per heavy atom. The predicted octanol–water partition coefficient (Wildman–Crippen LogP) is 4.01. The van der Waals surface area contributed by atoms with Gasteiger partial charge in [0.15, 0.2) is 0 Å². The minimum atomic E-state index is -0.164. The SMILES string of the molecule is C=C(CC)c1ccc(CC[CH2-])cc1F.[W]. The predicted molar refractivity (Wildman–Crippen MR) is 59.4 cm³/mol. The second kappa shape index (κ2) is 6.95. The molecule has 0 unspecified atom stereocenters. The summed E-state index contributed by atoms with van der Waals surface area (Å²) in [7, 11) is 0. The van der Waals surface area contributed by atoms with Crippen LogP contribution in [0.5, 0.6) is 0 Å². The zero-order valence-corrected chi connectivity index (χ0v) is 12.0. The maximum Gasteiger partial charge on any atom is 0.130 e. The molecule has 0 spiro atoms. The molecule has 1 aromatic rings. The molecule has 0 aromatic heterocycles. The van der Waals surface area contributed by atoms with Gasteiger partial charge in [-0.15, -0.1) is 0 Å². The summed E-state index contributed by atoms with van der Waals surface area (Å²) >= 11 is 0. The molecule has 15 heavy (non-hydrogen) atoms. The van der Waals surface area contributed by atoms with Gasteiger partial charge in [-0.05, 0) is 23.6 Å². The monoisotopic (exact) mass is 375 g/mol.